The molecule has 0 bridgehead atoms. The summed E-state index contributed by atoms with van der Waals surface area (Å²) in [6, 6.07) is 33.8. The molecule has 1 aliphatic rings. The molecule has 4 heteroatoms. The minimum atomic E-state index is -0.676. The van der Waals surface area contributed by atoms with Gasteiger partial charge in [0.05, 0.1) is 7.76 Å². The Kier molecular flexibility index (Phi) is 4.70. The van der Waals surface area contributed by atoms with Gasteiger partial charge < -0.3 is 10.1 Å². The molecule has 0 fully saturated rings. The zero-order valence-electron chi connectivity index (χ0n) is 15.0. The van der Waals surface area contributed by atoms with E-state index in [0.717, 1.165) is 22.4 Å². The fourth-order valence-electron chi connectivity index (χ4n) is 3.88. The number of hydrogen-bond acceptors (Lipinski definition) is 3. The van der Waals surface area contributed by atoms with Crippen molar-refractivity contribution in [2.75, 3.05) is 5.32 Å². The molecule has 0 saturated heterocycles. The van der Waals surface area contributed by atoms with Gasteiger partial charge in [-0.05, 0) is 51.9 Å². The molecule has 3 aromatic carbocycles. The summed E-state index contributed by atoms with van der Waals surface area (Å²) in [5, 5.41) is 3.61. The monoisotopic (exact) mass is 495 g/mol. The molecule has 0 saturated carbocycles. The van der Waals surface area contributed by atoms with E-state index in [1.54, 1.807) is 11.3 Å². The third-order valence-electron chi connectivity index (χ3n) is 5.10. The number of hydrogen-bond donors (Lipinski definition) is 1. The lowest BCUT2D eigenvalue weighted by atomic mass is 9.78. The first kappa shape index (κ1) is 17.9. The Bertz CT molecular complexity index is 1050. The molecule has 0 unspecified atom stereocenters. The largest absolute Gasteiger partial charge is 0.355 e. The average Bonchev–Trinajstić information content (AvgIpc) is 3.20. The van der Waals surface area contributed by atoms with E-state index in [0.29, 0.717) is 0 Å². The first-order chi connectivity index (χ1) is 13.8. The van der Waals surface area contributed by atoms with Crippen LogP contribution in [0.15, 0.2) is 97.1 Å². The van der Waals surface area contributed by atoms with Crippen molar-refractivity contribution in [3.05, 3.63) is 122 Å². The molecule has 0 aliphatic carbocycles. The second kappa shape index (κ2) is 7.35. The van der Waals surface area contributed by atoms with Crippen LogP contribution in [0.4, 0.5) is 5.69 Å². The fourth-order valence-corrected chi connectivity index (χ4v) is 5.54. The van der Waals surface area contributed by atoms with Crippen LogP contribution >= 0.6 is 33.9 Å². The normalized spacial score (nSPS) is 17.5. The fraction of sp³-hybridized carbons (Fsp3) is 0.0833. The Hall–Kier alpha value is -2.15. The van der Waals surface area contributed by atoms with Crippen molar-refractivity contribution in [1.29, 1.82) is 0 Å². The van der Waals surface area contributed by atoms with Crippen molar-refractivity contribution < 1.29 is 4.74 Å². The van der Waals surface area contributed by atoms with Gasteiger partial charge in [0.25, 0.3) is 0 Å². The summed E-state index contributed by atoms with van der Waals surface area (Å²) in [5.74, 6) is 0. The van der Waals surface area contributed by atoms with E-state index >= 15 is 0 Å². The van der Waals surface area contributed by atoms with E-state index < -0.39 is 5.60 Å². The Labute approximate surface area is 182 Å². The Morgan fingerprint density at radius 3 is 1.96 bits per heavy atom. The molecule has 5 rings (SSSR count). The van der Waals surface area contributed by atoms with Crippen molar-refractivity contribution in [2.24, 2.45) is 0 Å². The van der Waals surface area contributed by atoms with E-state index in [-0.39, 0.29) is 6.23 Å². The van der Waals surface area contributed by atoms with Crippen molar-refractivity contribution in [1.82, 2.24) is 0 Å². The standard InChI is InChI=1S/C24H18INOS/c25-22-16-15-21(28-22)23-26-20-14-8-7-13-19(20)24(27-23,17-9-3-1-4-10-17)18-11-5-2-6-12-18/h1-16,23,26H/t23-/m1/s1. The lowest BCUT2D eigenvalue weighted by Crippen LogP contribution is -2.40. The van der Waals surface area contributed by atoms with Gasteiger partial charge in [0, 0.05) is 11.3 Å². The van der Waals surface area contributed by atoms with Gasteiger partial charge in [-0.1, -0.05) is 78.9 Å². The summed E-state index contributed by atoms with van der Waals surface area (Å²) >= 11 is 4.12. The van der Waals surface area contributed by atoms with Gasteiger partial charge in [-0.3, -0.25) is 0 Å². The van der Waals surface area contributed by atoms with Crippen LogP contribution in [0.3, 0.4) is 0 Å². The molecule has 28 heavy (non-hydrogen) atoms. The quantitative estimate of drug-likeness (QED) is 0.316. The van der Waals surface area contributed by atoms with Gasteiger partial charge in [-0.25, -0.2) is 0 Å². The molecular formula is C24H18INOS. The molecule has 1 aromatic heterocycles. The van der Waals surface area contributed by atoms with Crippen LogP contribution in [0.5, 0.6) is 0 Å². The predicted molar refractivity (Wildman–Crippen MR) is 124 cm³/mol. The van der Waals surface area contributed by atoms with Crippen LogP contribution in [-0.4, -0.2) is 0 Å². The number of fused-ring (bicyclic) bond motifs is 1. The highest BCUT2D eigenvalue weighted by Gasteiger charge is 2.45. The number of benzene rings is 3. The number of para-hydroxylation sites is 1. The molecular weight excluding hydrogens is 477 g/mol. The van der Waals surface area contributed by atoms with E-state index in [4.69, 9.17) is 4.74 Å². The summed E-state index contributed by atoms with van der Waals surface area (Å²) in [7, 11) is 0. The average molecular weight is 495 g/mol. The number of rotatable bonds is 3. The first-order valence-electron chi connectivity index (χ1n) is 9.17. The van der Waals surface area contributed by atoms with Crippen LogP contribution in [0, 0.1) is 2.88 Å². The van der Waals surface area contributed by atoms with E-state index in [1.807, 2.05) is 12.1 Å². The second-order valence-corrected chi connectivity index (χ2v) is 9.75. The highest BCUT2D eigenvalue weighted by Crippen LogP contribution is 2.50. The second-order valence-electron chi connectivity index (χ2n) is 6.74. The molecule has 0 radical (unpaired) electrons. The Morgan fingerprint density at radius 1 is 0.750 bits per heavy atom. The number of thiophene rings is 1. The molecule has 2 nitrogen and oxygen atoms in total. The van der Waals surface area contributed by atoms with E-state index in [2.05, 4.69) is 113 Å². The summed E-state index contributed by atoms with van der Waals surface area (Å²) < 4.78 is 8.22. The van der Waals surface area contributed by atoms with Crippen molar-refractivity contribution in [3.63, 3.8) is 0 Å². The van der Waals surface area contributed by atoms with E-state index in [9.17, 15) is 0 Å². The van der Waals surface area contributed by atoms with Crippen LogP contribution < -0.4 is 5.32 Å². The molecule has 1 N–H and O–H groups in total. The van der Waals surface area contributed by atoms with Gasteiger partial charge in [-0.2, -0.15) is 0 Å². The summed E-state index contributed by atoms with van der Waals surface area (Å²) in [6.07, 6.45) is -0.219. The van der Waals surface area contributed by atoms with Gasteiger partial charge in [0.1, 0.15) is 5.60 Å². The zero-order valence-corrected chi connectivity index (χ0v) is 18.0. The lowest BCUT2D eigenvalue weighted by Gasteiger charge is -2.44. The summed E-state index contributed by atoms with van der Waals surface area (Å²) in [5.41, 5.74) is 3.83. The molecule has 0 spiro atoms. The maximum atomic E-state index is 6.97. The van der Waals surface area contributed by atoms with Gasteiger partial charge in [0.2, 0.25) is 0 Å². The topological polar surface area (TPSA) is 21.3 Å². The number of anilines is 1. The molecule has 1 atom stereocenters. The maximum Gasteiger partial charge on any atom is 0.165 e. The Balaban J connectivity index is 1.78. The van der Waals surface area contributed by atoms with Gasteiger partial charge in [-0.15, -0.1) is 11.3 Å². The molecule has 4 aromatic rings. The molecule has 2 heterocycles. The Morgan fingerprint density at radius 2 is 1.36 bits per heavy atom. The lowest BCUT2D eigenvalue weighted by molar-refractivity contribution is -0.0416. The highest BCUT2D eigenvalue weighted by molar-refractivity contribution is 14.1. The zero-order chi connectivity index (χ0) is 19.0. The first-order valence-corrected chi connectivity index (χ1v) is 11.1. The summed E-state index contributed by atoms with van der Waals surface area (Å²) in [4.78, 5) is 1.18. The van der Waals surface area contributed by atoms with Crippen LogP contribution in [0.2, 0.25) is 0 Å². The maximum absolute atomic E-state index is 6.97. The van der Waals surface area contributed by atoms with E-state index in [1.165, 1.54) is 7.76 Å². The smallest absolute Gasteiger partial charge is 0.165 e. The van der Waals surface area contributed by atoms with Crippen molar-refractivity contribution in [3.8, 4) is 0 Å². The highest BCUT2D eigenvalue weighted by atomic mass is 127. The van der Waals surface area contributed by atoms with Crippen LogP contribution in [0.25, 0.3) is 0 Å². The third-order valence-corrected chi connectivity index (χ3v) is 7.04. The van der Waals surface area contributed by atoms with Crippen LogP contribution in [0.1, 0.15) is 27.8 Å². The van der Waals surface area contributed by atoms with Crippen LogP contribution in [-0.2, 0) is 10.3 Å². The molecule has 0 amide bonds. The SMILES string of the molecule is Ic1ccc([C@@H]2Nc3ccccc3C(c3ccccc3)(c3ccccc3)O2)s1. The minimum Gasteiger partial charge on any atom is -0.355 e. The summed E-state index contributed by atoms with van der Waals surface area (Å²) in [6.45, 7) is 0. The predicted octanol–water partition coefficient (Wildman–Crippen LogP) is 6.79. The number of ether oxygens (including phenoxy) is 1. The third kappa shape index (κ3) is 2.96. The molecule has 1 aliphatic heterocycles. The van der Waals surface area contributed by atoms with Crippen molar-refractivity contribution >= 4 is 39.6 Å². The minimum absolute atomic E-state index is 0.219. The van der Waals surface area contributed by atoms with Gasteiger partial charge in [0.15, 0.2) is 6.23 Å². The van der Waals surface area contributed by atoms with Crippen molar-refractivity contribution in [2.45, 2.75) is 11.8 Å². The number of halogens is 1. The molecule has 138 valence electrons. The van der Waals surface area contributed by atoms with Gasteiger partial charge >= 0.3 is 0 Å². The number of nitrogens with one attached hydrogen (secondary N) is 1.